The molecule has 0 unspecified atom stereocenters. The lowest BCUT2D eigenvalue weighted by molar-refractivity contribution is -0.122. The molecule has 0 radical (unpaired) electrons. The number of ether oxygens (including phenoxy) is 1. The SMILES string of the molecule is C[Si](C)(C)O[Si](C)(C)O[Si](O)(O)CNC(=O)Nc1ccc(OCCc2ccc(N)cc2)cc1.O=CC=O.O=CC=O. The van der Waals surface area contributed by atoms with Crippen LogP contribution in [0.15, 0.2) is 48.5 Å². The van der Waals surface area contributed by atoms with Crippen molar-refractivity contribution >= 4 is 68.2 Å². The fraction of sp³-hybridized carbons (Fsp3) is 0.320. The van der Waals surface area contributed by atoms with E-state index < -0.39 is 31.7 Å². The highest BCUT2D eigenvalue weighted by atomic mass is 28.5. The summed E-state index contributed by atoms with van der Waals surface area (Å²) in [6.07, 6.45) is 1.15. The van der Waals surface area contributed by atoms with E-state index in [0.717, 1.165) is 17.7 Å². The number of benzene rings is 2. The minimum Gasteiger partial charge on any atom is -0.493 e. The summed E-state index contributed by atoms with van der Waals surface area (Å²) < 4.78 is 17.2. The number of hydrogen-bond acceptors (Lipinski definition) is 11. The van der Waals surface area contributed by atoms with E-state index in [1.54, 1.807) is 37.4 Å². The molecular weight excluding hydrogens is 587 g/mol. The minimum atomic E-state index is -4.11. The van der Waals surface area contributed by atoms with E-state index in [1.165, 1.54) is 0 Å². The van der Waals surface area contributed by atoms with Gasteiger partial charge in [-0.3, -0.25) is 19.2 Å². The maximum absolute atomic E-state index is 12.2. The number of urea groups is 1. The summed E-state index contributed by atoms with van der Waals surface area (Å²) in [6, 6.07) is 14.0. The van der Waals surface area contributed by atoms with Crippen LogP contribution < -0.4 is 21.1 Å². The quantitative estimate of drug-likeness (QED) is 0.0940. The molecule has 0 atom stereocenters. The number of amides is 2. The lowest BCUT2D eigenvalue weighted by atomic mass is 10.1. The van der Waals surface area contributed by atoms with Crippen LogP contribution in [0.5, 0.6) is 5.75 Å². The van der Waals surface area contributed by atoms with E-state index >= 15 is 0 Å². The van der Waals surface area contributed by atoms with Crippen LogP contribution in [-0.4, -0.2) is 79.2 Å². The van der Waals surface area contributed by atoms with Crippen molar-refractivity contribution in [3.8, 4) is 5.75 Å². The third-order valence-corrected chi connectivity index (χ3v) is 12.6. The summed E-state index contributed by atoms with van der Waals surface area (Å²) in [5, 5.41) is 5.10. The zero-order chi connectivity index (χ0) is 31.5. The highest BCUT2D eigenvalue weighted by molar-refractivity contribution is 6.84. The molecule has 2 amide bonds. The highest BCUT2D eigenvalue weighted by Gasteiger charge is 2.43. The van der Waals surface area contributed by atoms with Gasteiger partial charge in [0.25, 0.3) is 0 Å². The Labute approximate surface area is 242 Å². The van der Waals surface area contributed by atoms with Crippen LogP contribution in [0, 0.1) is 0 Å². The van der Waals surface area contributed by atoms with Crippen molar-refractivity contribution in [2.75, 3.05) is 23.8 Å². The summed E-state index contributed by atoms with van der Waals surface area (Å²) in [5.41, 5.74) is 8.08. The third kappa shape index (κ3) is 20.1. The van der Waals surface area contributed by atoms with E-state index in [0.29, 0.717) is 18.0 Å². The van der Waals surface area contributed by atoms with Gasteiger partial charge >= 0.3 is 23.4 Å². The van der Waals surface area contributed by atoms with Gasteiger partial charge in [-0.25, -0.2) is 4.79 Å². The Morgan fingerprint density at radius 3 is 1.80 bits per heavy atom. The average molecular weight is 626 g/mol. The second-order valence-corrected chi connectivity index (χ2v) is 20.2. The molecule has 6 N–H and O–H groups in total. The van der Waals surface area contributed by atoms with Crippen molar-refractivity contribution in [3.05, 3.63) is 54.1 Å². The molecule has 2 rings (SSSR count). The lowest BCUT2D eigenvalue weighted by Crippen LogP contribution is -2.59. The van der Waals surface area contributed by atoms with Crippen LogP contribution >= 0.6 is 0 Å². The molecule has 0 saturated heterocycles. The number of carbonyl (C=O) groups is 5. The topological polar surface area (TPSA) is 204 Å². The van der Waals surface area contributed by atoms with E-state index in [2.05, 4.69) is 10.6 Å². The van der Waals surface area contributed by atoms with Gasteiger partial charge in [-0.2, -0.15) is 0 Å². The summed E-state index contributed by atoms with van der Waals surface area (Å²) >= 11 is 0. The van der Waals surface area contributed by atoms with Gasteiger partial charge in [0.2, 0.25) is 0 Å². The molecule has 0 aliphatic heterocycles. The van der Waals surface area contributed by atoms with Crippen LogP contribution in [0.4, 0.5) is 16.2 Å². The van der Waals surface area contributed by atoms with Crippen LogP contribution in [-0.2, 0) is 33.8 Å². The summed E-state index contributed by atoms with van der Waals surface area (Å²) in [7, 11) is -8.74. The van der Waals surface area contributed by atoms with Crippen LogP contribution in [0.2, 0.25) is 32.7 Å². The zero-order valence-electron chi connectivity index (χ0n) is 23.8. The van der Waals surface area contributed by atoms with E-state index in [-0.39, 0.29) is 31.3 Å². The van der Waals surface area contributed by atoms with Gasteiger partial charge < -0.3 is 38.9 Å². The number of nitrogens with one attached hydrogen (secondary N) is 2. The fourth-order valence-electron chi connectivity index (χ4n) is 3.16. The van der Waals surface area contributed by atoms with E-state index in [1.807, 2.05) is 43.9 Å². The van der Waals surface area contributed by atoms with Crippen molar-refractivity contribution in [2.45, 2.75) is 39.2 Å². The molecule has 0 spiro atoms. The standard InChI is InChI=1S/C21H35N3O6Si3.2C2H2O2/c1-31(2,3)29-32(4,5)30-33(26,27)16-23-21(25)24-19-10-12-20(13-11-19)28-15-14-17-6-8-18(22)9-7-17;2*3-1-2-4/h6-13,26-27H,14-16,22H2,1-5H3,(H2,23,24,25);2*1-2H. The molecule has 0 bridgehead atoms. The largest absolute Gasteiger partial charge is 0.506 e. The van der Waals surface area contributed by atoms with Gasteiger partial charge in [-0.05, 0) is 74.7 Å². The smallest absolute Gasteiger partial charge is 0.493 e. The van der Waals surface area contributed by atoms with Crippen molar-refractivity contribution in [3.63, 3.8) is 0 Å². The Hall–Kier alpha value is -3.52. The zero-order valence-corrected chi connectivity index (χ0v) is 26.8. The number of aldehydes is 4. The molecule has 0 fully saturated rings. The first-order chi connectivity index (χ1) is 19.1. The van der Waals surface area contributed by atoms with Gasteiger partial charge in [-0.1, -0.05) is 12.1 Å². The predicted molar refractivity (Wildman–Crippen MR) is 161 cm³/mol. The third-order valence-electron chi connectivity index (χ3n) is 4.30. The number of carbonyl (C=O) groups excluding carboxylic acids is 5. The molecule has 2 aromatic rings. The molecular formula is C25H39N3O10Si3. The molecule has 0 saturated carbocycles. The normalized spacial score (nSPS) is 10.9. The monoisotopic (exact) mass is 625 g/mol. The first-order valence-corrected chi connectivity index (χ1v) is 20.5. The van der Waals surface area contributed by atoms with E-state index in [9.17, 15) is 14.4 Å². The lowest BCUT2D eigenvalue weighted by Gasteiger charge is -2.34. The predicted octanol–water partition coefficient (Wildman–Crippen LogP) is 1.81. The number of nitrogens with two attached hydrogens (primary N) is 1. The average Bonchev–Trinajstić information content (AvgIpc) is 2.88. The van der Waals surface area contributed by atoms with Crippen LogP contribution in [0.3, 0.4) is 0 Å². The highest BCUT2D eigenvalue weighted by Crippen LogP contribution is 2.18. The van der Waals surface area contributed by atoms with Gasteiger partial charge in [0.05, 0.1) is 12.8 Å². The van der Waals surface area contributed by atoms with Gasteiger partial charge in [0.1, 0.15) is 5.75 Å². The van der Waals surface area contributed by atoms with Crippen molar-refractivity contribution in [2.24, 2.45) is 0 Å². The number of nitrogen functional groups attached to an aromatic ring is 1. The first kappa shape index (κ1) is 37.5. The van der Waals surface area contributed by atoms with Gasteiger partial charge in [0, 0.05) is 17.8 Å². The Bertz CT molecular complexity index is 1070. The summed E-state index contributed by atoms with van der Waals surface area (Å²) in [4.78, 5) is 67.9. The minimum absolute atomic E-state index is 0.194. The Morgan fingerprint density at radius 2 is 1.34 bits per heavy atom. The van der Waals surface area contributed by atoms with Gasteiger partial charge in [0.15, 0.2) is 33.5 Å². The fourth-order valence-corrected chi connectivity index (χ4v) is 13.4. The maximum atomic E-state index is 12.2. The molecule has 41 heavy (non-hydrogen) atoms. The number of anilines is 2. The Morgan fingerprint density at radius 1 is 0.829 bits per heavy atom. The van der Waals surface area contributed by atoms with Crippen molar-refractivity contribution in [1.82, 2.24) is 5.32 Å². The van der Waals surface area contributed by atoms with Crippen LogP contribution in [0.25, 0.3) is 0 Å². The Kier molecular flexibility index (Phi) is 17.1. The second kappa shape index (κ2) is 18.8. The second-order valence-electron chi connectivity index (χ2n) is 9.68. The Balaban J connectivity index is 0.00000176. The maximum Gasteiger partial charge on any atom is 0.506 e. The molecule has 0 aliphatic carbocycles. The first-order valence-electron chi connectivity index (χ1n) is 12.3. The van der Waals surface area contributed by atoms with E-state index in [4.69, 9.17) is 37.9 Å². The van der Waals surface area contributed by atoms with Crippen LogP contribution in [0.1, 0.15) is 5.56 Å². The summed E-state index contributed by atoms with van der Waals surface area (Å²) in [5.74, 6) is 0.677. The molecule has 2 aromatic carbocycles. The van der Waals surface area contributed by atoms with Crippen molar-refractivity contribution in [1.29, 1.82) is 0 Å². The molecule has 16 heteroatoms. The molecule has 0 aromatic heterocycles. The van der Waals surface area contributed by atoms with Gasteiger partial charge in [-0.15, -0.1) is 0 Å². The molecule has 13 nitrogen and oxygen atoms in total. The molecule has 0 heterocycles. The molecule has 0 aliphatic rings. The summed E-state index contributed by atoms with van der Waals surface area (Å²) in [6.45, 7) is 10.1. The van der Waals surface area contributed by atoms with Crippen molar-refractivity contribution < 1.29 is 46.5 Å². The molecule has 226 valence electrons. The number of hydrogen-bond donors (Lipinski definition) is 5. The number of rotatable bonds is 13.